The van der Waals surface area contributed by atoms with Gasteiger partial charge in [0.15, 0.2) is 5.96 Å². The molecular weight excluding hydrogens is 238 g/mol. The van der Waals surface area contributed by atoms with Crippen LogP contribution < -0.4 is 22.5 Å². The van der Waals surface area contributed by atoms with Crippen LogP contribution in [-0.4, -0.2) is 41.1 Å². The van der Waals surface area contributed by atoms with Gasteiger partial charge < -0.3 is 27.6 Å². The summed E-state index contributed by atoms with van der Waals surface area (Å²) in [6.45, 7) is 3.31. The number of nitrogens with two attached hydrogens (primary N) is 3. The molecule has 0 aliphatic rings. The molecule has 0 aromatic heterocycles. The Balaban J connectivity index is 4.29. The predicted molar refractivity (Wildman–Crippen MR) is 67.7 cm³/mol. The Hall–Kier alpha value is -1.83. The Kier molecular flexibility index (Phi) is 6.11. The number of carbonyl (C=O) groups excluding carboxylic acids is 1. The van der Waals surface area contributed by atoms with Crippen molar-refractivity contribution >= 4 is 17.8 Å². The van der Waals surface area contributed by atoms with Crippen molar-refractivity contribution in [1.29, 1.82) is 0 Å². The molecule has 8 heteroatoms. The summed E-state index contributed by atoms with van der Waals surface area (Å²) >= 11 is 0. The highest BCUT2D eigenvalue weighted by molar-refractivity contribution is 5.89. The molecule has 0 aromatic carbocycles. The lowest BCUT2D eigenvalue weighted by Crippen LogP contribution is -2.54. The van der Waals surface area contributed by atoms with Crippen LogP contribution in [0.2, 0.25) is 0 Å². The smallest absolute Gasteiger partial charge is 0.326 e. The zero-order valence-electron chi connectivity index (χ0n) is 10.6. The zero-order valence-corrected chi connectivity index (χ0v) is 10.6. The van der Waals surface area contributed by atoms with E-state index in [2.05, 4.69) is 10.3 Å². The van der Waals surface area contributed by atoms with Crippen molar-refractivity contribution in [2.24, 2.45) is 22.2 Å². The Morgan fingerprint density at radius 3 is 2.33 bits per heavy atom. The molecule has 0 unspecified atom stereocenters. The van der Waals surface area contributed by atoms with Gasteiger partial charge in [-0.15, -0.1) is 0 Å². The maximum Gasteiger partial charge on any atom is 0.326 e. The first-order chi connectivity index (χ1) is 8.14. The van der Waals surface area contributed by atoms with Crippen LogP contribution in [0, 0.1) is 0 Å². The van der Waals surface area contributed by atoms with Crippen LogP contribution in [0.1, 0.15) is 26.7 Å². The molecule has 0 aliphatic carbocycles. The summed E-state index contributed by atoms with van der Waals surface area (Å²) in [5, 5.41) is 11.3. The number of hydrogen-bond acceptors (Lipinski definition) is 4. The number of aliphatic imine (C=N–C) groups is 1. The molecule has 0 saturated carbocycles. The molecule has 0 saturated heterocycles. The number of carboxylic acid groups (broad SMARTS) is 1. The number of hydrogen-bond donors (Lipinski definition) is 5. The van der Waals surface area contributed by atoms with E-state index in [1.165, 1.54) is 13.8 Å². The highest BCUT2D eigenvalue weighted by Gasteiger charge is 2.27. The zero-order chi connectivity index (χ0) is 14.3. The normalized spacial score (nSPS) is 12.6. The van der Waals surface area contributed by atoms with Gasteiger partial charge in [0, 0.05) is 6.54 Å². The van der Waals surface area contributed by atoms with Gasteiger partial charge in [-0.05, 0) is 26.7 Å². The number of rotatable bonds is 7. The summed E-state index contributed by atoms with van der Waals surface area (Å²) in [7, 11) is 0. The third-order valence-electron chi connectivity index (χ3n) is 2.13. The van der Waals surface area contributed by atoms with Gasteiger partial charge in [0.05, 0.1) is 5.54 Å². The summed E-state index contributed by atoms with van der Waals surface area (Å²) in [4.78, 5) is 26.2. The number of aliphatic carboxylic acids is 1. The van der Waals surface area contributed by atoms with E-state index in [9.17, 15) is 9.59 Å². The van der Waals surface area contributed by atoms with Gasteiger partial charge in [0.1, 0.15) is 6.04 Å². The molecule has 0 aliphatic heterocycles. The number of amides is 1. The quantitative estimate of drug-likeness (QED) is 0.209. The maximum atomic E-state index is 11.6. The highest BCUT2D eigenvalue weighted by atomic mass is 16.4. The van der Waals surface area contributed by atoms with Gasteiger partial charge in [-0.1, -0.05) is 0 Å². The van der Waals surface area contributed by atoms with Crippen molar-refractivity contribution in [3.8, 4) is 0 Å². The second-order valence-corrected chi connectivity index (χ2v) is 4.53. The topological polar surface area (TPSA) is 157 Å². The van der Waals surface area contributed by atoms with E-state index in [1.807, 2.05) is 0 Å². The summed E-state index contributed by atoms with van der Waals surface area (Å²) in [5.41, 5.74) is 14.7. The van der Waals surface area contributed by atoms with Gasteiger partial charge in [0.25, 0.3) is 0 Å². The summed E-state index contributed by atoms with van der Waals surface area (Å²) < 4.78 is 0. The molecule has 0 aromatic rings. The molecule has 0 spiro atoms. The van der Waals surface area contributed by atoms with Crippen LogP contribution in [0.4, 0.5) is 0 Å². The van der Waals surface area contributed by atoms with E-state index in [-0.39, 0.29) is 12.4 Å². The number of carboxylic acids is 1. The van der Waals surface area contributed by atoms with Crippen molar-refractivity contribution in [2.45, 2.75) is 38.3 Å². The third kappa shape index (κ3) is 6.69. The Morgan fingerprint density at radius 2 is 1.94 bits per heavy atom. The molecule has 1 amide bonds. The molecule has 0 heterocycles. The van der Waals surface area contributed by atoms with Gasteiger partial charge in [-0.2, -0.15) is 0 Å². The lowest BCUT2D eigenvalue weighted by molar-refractivity contribution is -0.142. The lowest BCUT2D eigenvalue weighted by Gasteiger charge is -2.21. The van der Waals surface area contributed by atoms with E-state index in [0.717, 1.165) is 0 Å². The Bertz CT molecular complexity index is 331. The molecule has 0 fully saturated rings. The highest BCUT2D eigenvalue weighted by Crippen LogP contribution is 2.02. The Labute approximate surface area is 106 Å². The fraction of sp³-hybridized carbons (Fsp3) is 0.700. The van der Waals surface area contributed by atoms with Crippen LogP contribution in [0.3, 0.4) is 0 Å². The molecule has 104 valence electrons. The van der Waals surface area contributed by atoms with E-state index < -0.39 is 23.5 Å². The standard InChI is InChI=1S/C10H21N5O3/c1-10(2,13)8(18)15-6(7(16)17)4-3-5-14-9(11)12/h6H,3-5,13H2,1-2H3,(H,15,18)(H,16,17)(H4,11,12,14)/t6-/m0/s1. The van der Waals surface area contributed by atoms with E-state index >= 15 is 0 Å². The van der Waals surface area contributed by atoms with Crippen LogP contribution >= 0.6 is 0 Å². The summed E-state index contributed by atoms with van der Waals surface area (Å²) in [5.74, 6) is -1.68. The van der Waals surface area contributed by atoms with Crippen LogP contribution in [0.5, 0.6) is 0 Å². The van der Waals surface area contributed by atoms with Gasteiger partial charge in [-0.25, -0.2) is 4.79 Å². The summed E-state index contributed by atoms with van der Waals surface area (Å²) in [6.07, 6.45) is 0.675. The molecular formula is C10H21N5O3. The second kappa shape index (κ2) is 6.80. The third-order valence-corrected chi connectivity index (χ3v) is 2.13. The van der Waals surface area contributed by atoms with Crippen molar-refractivity contribution in [1.82, 2.24) is 5.32 Å². The maximum absolute atomic E-state index is 11.6. The monoisotopic (exact) mass is 259 g/mol. The van der Waals surface area contributed by atoms with Gasteiger partial charge in [-0.3, -0.25) is 9.79 Å². The average Bonchev–Trinajstić information content (AvgIpc) is 2.19. The number of carbonyl (C=O) groups is 2. The Morgan fingerprint density at radius 1 is 1.39 bits per heavy atom. The molecule has 0 bridgehead atoms. The van der Waals surface area contributed by atoms with E-state index in [0.29, 0.717) is 13.0 Å². The summed E-state index contributed by atoms with van der Waals surface area (Å²) in [6, 6.07) is -0.991. The lowest BCUT2D eigenvalue weighted by atomic mass is 10.0. The molecule has 1 atom stereocenters. The van der Waals surface area contributed by atoms with Crippen molar-refractivity contribution in [3.05, 3.63) is 0 Å². The minimum absolute atomic E-state index is 0.0472. The fourth-order valence-corrected chi connectivity index (χ4v) is 1.11. The van der Waals surface area contributed by atoms with Crippen LogP contribution in [0.15, 0.2) is 4.99 Å². The molecule has 8 nitrogen and oxygen atoms in total. The fourth-order valence-electron chi connectivity index (χ4n) is 1.11. The van der Waals surface area contributed by atoms with E-state index in [1.54, 1.807) is 0 Å². The molecule has 0 radical (unpaired) electrons. The second-order valence-electron chi connectivity index (χ2n) is 4.53. The first kappa shape index (κ1) is 16.2. The minimum atomic E-state index is -1.12. The minimum Gasteiger partial charge on any atom is -0.480 e. The molecule has 18 heavy (non-hydrogen) atoms. The van der Waals surface area contributed by atoms with Crippen molar-refractivity contribution < 1.29 is 14.7 Å². The predicted octanol–water partition coefficient (Wildman–Crippen LogP) is -1.65. The molecule has 8 N–H and O–H groups in total. The number of guanidine groups is 1. The SMILES string of the molecule is CC(C)(N)C(=O)N[C@@H](CCCN=C(N)N)C(=O)O. The molecule has 0 rings (SSSR count). The number of nitrogens with zero attached hydrogens (tertiary/aromatic N) is 1. The van der Waals surface area contributed by atoms with Crippen molar-refractivity contribution in [2.75, 3.05) is 6.54 Å². The largest absolute Gasteiger partial charge is 0.480 e. The first-order valence-electron chi connectivity index (χ1n) is 5.52. The van der Waals surface area contributed by atoms with Crippen LogP contribution in [0.25, 0.3) is 0 Å². The first-order valence-corrected chi connectivity index (χ1v) is 5.52. The van der Waals surface area contributed by atoms with E-state index in [4.69, 9.17) is 22.3 Å². The average molecular weight is 259 g/mol. The van der Waals surface area contributed by atoms with Gasteiger partial charge >= 0.3 is 5.97 Å². The van der Waals surface area contributed by atoms with Crippen molar-refractivity contribution in [3.63, 3.8) is 0 Å². The van der Waals surface area contributed by atoms with Gasteiger partial charge in [0.2, 0.25) is 5.91 Å². The number of nitrogens with one attached hydrogen (secondary N) is 1. The van der Waals surface area contributed by atoms with Crippen LogP contribution in [-0.2, 0) is 9.59 Å².